The Morgan fingerprint density at radius 3 is 2.59 bits per heavy atom. The van der Waals surface area contributed by atoms with Gasteiger partial charge in [-0.3, -0.25) is 28.8 Å². The SMILES string of the molecule is Cc1ccc2c(c1)C(=O)N(CCC(=O)n1ccccc1=NC1CCCCC1)C2=O. The van der Waals surface area contributed by atoms with Crippen LogP contribution >= 0.6 is 0 Å². The molecule has 1 fully saturated rings. The number of hydrogen-bond acceptors (Lipinski definition) is 4. The molecule has 0 saturated heterocycles. The molecule has 1 saturated carbocycles. The third kappa shape index (κ3) is 3.92. The Kier molecular flexibility index (Phi) is 5.43. The van der Waals surface area contributed by atoms with E-state index in [0.29, 0.717) is 16.6 Å². The van der Waals surface area contributed by atoms with E-state index in [1.54, 1.807) is 24.4 Å². The van der Waals surface area contributed by atoms with Crippen LogP contribution in [0, 0.1) is 6.92 Å². The van der Waals surface area contributed by atoms with Gasteiger partial charge in [-0.25, -0.2) is 0 Å². The Morgan fingerprint density at radius 1 is 1.03 bits per heavy atom. The zero-order valence-electron chi connectivity index (χ0n) is 16.6. The molecule has 2 aliphatic rings. The van der Waals surface area contributed by atoms with Gasteiger partial charge in [-0.2, -0.15) is 0 Å². The molecule has 6 nitrogen and oxygen atoms in total. The summed E-state index contributed by atoms with van der Waals surface area (Å²) in [6, 6.07) is 11.0. The Hall–Kier alpha value is -3.02. The third-order valence-electron chi connectivity index (χ3n) is 5.67. The van der Waals surface area contributed by atoms with Crippen LogP contribution in [0.3, 0.4) is 0 Å². The molecular weight excluding hydrogens is 366 g/mol. The summed E-state index contributed by atoms with van der Waals surface area (Å²) in [7, 11) is 0. The van der Waals surface area contributed by atoms with E-state index in [9.17, 15) is 14.4 Å². The summed E-state index contributed by atoms with van der Waals surface area (Å²) in [5.41, 5.74) is 2.40. The second kappa shape index (κ2) is 8.15. The molecule has 0 bridgehead atoms. The van der Waals surface area contributed by atoms with Crippen LogP contribution in [0.25, 0.3) is 0 Å². The topological polar surface area (TPSA) is 71.7 Å². The molecule has 1 aromatic heterocycles. The number of aromatic nitrogens is 1. The van der Waals surface area contributed by atoms with E-state index >= 15 is 0 Å². The second-order valence-electron chi connectivity index (χ2n) is 7.80. The number of benzene rings is 1. The quantitative estimate of drug-likeness (QED) is 0.751. The van der Waals surface area contributed by atoms with E-state index in [0.717, 1.165) is 18.4 Å². The van der Waals surface area contributed by atoms with Crippen LogP contribution in [0.15, 0.2) is 47.6 Å². The van der Waals surface area contributed by atoms with Crippen LogP contribution in [0.2, 0.25) is 0 Å². The van der Waals surface area contributed by atoms with Crippen LogP contribution < -0.4 is 5.49 Å². The number of pyridine rings is 1. The van der Waals surface area contributed by atoms with Crippen molar-refractivity contribution in [3.05, 3.63) is 64.8 Å². The number of fused-ring (bicyclic) bond motifs is 1. The van der Waals surface area contributed by atoms with Crippen LogP contribution in [-0.4, -0.2) is 39.8 Å². The lowest BCUT2D eigenvalue weighted by molar-refractivity contribution is 0.0644. The van der Waals surface area contributed by atoms with Crippen molar-refractivity contribution < 1.29 is 14.4 Å². The van der Waals surface area contributed by atoms with Gasteiger partial charge >= 0.3 is 0 Å². The molecule has 1 aliphatic carbocycles. The van der Waals surface area contributed by atoms with Gasteiger partial charge in [0.15, 0.2) is 0 Å². The first-order chi connectivity index (χ1) is 14.0. The van der Waals surface area contributed by atoms with Crippen LogP contribution in [0.4, 0.5) is 0 Å². The Bertz CT molecular complexity index is 1030. The highest BCUT2D eigenvalue weighted by molar-refractivity contribution is 6.21. The maximum atomic E-state index is 12.9. The highest BCUT2D eigenvalue weighted by Crippen LogP contribution is 2.24. The fourth-order valence-corrected chi connectivity index (χ4v) is 4.08. The molecule has 2 amide bonds. The van der Waals surface area contributed by atoms with E-state index in [1.165, 1.54) is 28.7 Å². The summed E-state index contributed by atoms with van der Waals surface area (Å²) in [6.45, 7) is 1.95. The lowest BCUT2D eigenvalue weighted by Gasteiger charge is -2.18. The van der Waals surface area contributed by atoms with Gasteiger partial charge in [0, 0.05) is 19.2 Å². The zero-order valence-corrected chi connectivity index (χ0v) is 16.6. The fraction of sp³-hybridized carbons (Fsp3) is 0.391. The smallest absolute Gasteiger partial charge is 0.261 e. The van der Waals surface area contributed by atoms with Gasteiger partial charge in [0.2, 0.25) is 5.91 Å². The van der Waals surface area contributed by atoms with E-state index in [2.05, 4.69) is 0 Å². The van der Waals surface area contributed by atoms with Gasteiger partial charge in [0.05, 0.1) is 17.2 Å². The molecule has 6 heteroatoms. The number of carbonyl (C=O) groups excluding carboxylic acids is 3. The summed E-state index contributed by atoms with van der Waals surface area (Å²) < 4.78 is 1.54. The van der Waals surface area contributed by atoms with Crippen LogP contribution in [0.5, 0.6) is 0 Å². The largest absolute Gasteiger partial charge is 0.274 e. The van der Waals surface area contributed by atoms with E-state index in [1.807, 2.05) is 25.1 Å². The summed E-state index contributed by atoms with van der Waals surface area (Å²) in [6.07, 6.45) is 7.47. The molecule has 29 heavy (non-hydrogen) atoms. The number of nitrogens with zero attached hydrogens (tertiary/aromatic N) is 3. The summed E-state index contributed by atoms with van der Waals surface area (Å²) in [4.78, 5) is 44.0. The van der Waals surface area contributed by atoms with Crippen molar-refractivity contribution in [2.75, 3.05) is 6.54 Å². The molecule has 2 heterocycles. The van der Waals surface area contributed by atoms with Crippen LogP contribution in [-0.2, 0) is 0 Å². The standard InChI is InChI=1S/C23H25N3O3/c1-16-10-11-18-19(15-16)23(29)26(22(18)28)14-12-21(27)25-13-6-5-9-20(25)24-17-7-3-2-4-8-17/h5-6,9-11,13,15,17H,2-4,7-8,12,14H2,1H3. The first-order valence-electron chi connectivity index (χ1n) is 10.3. The maximum Gasteiger partial charge on any atom is 0.261 e. The number of rotatable bonds is 4. The van der Waals surface area contributed by atoms with Crippen molar-refractivity contribution in [2.24, 2.45) is 4.99 Å². The number of aryl methyl sites for hydroxylation is 1. The number of amides is 2. The van der Waals surface area contributed by atoms with Crippen LogP contribution in [0.1, 0.15) is 69.6 Å². The van der Waals surface area contributed by atoms with Gasteiger partial charge in [0.25, 0.3) is 11.8 Å². The summed E-state index contributed by atoms with van der Waals surface area (Å²) in [5, 5.41) is 0. The van der Waals surface area contributed by atoms with E-state index in [4.69, 9.17) is 4.99 Å². The zero-order chi connectivity index (χ0) is 20.4. The highest BCUT2D eigenvalue weighted by atomic mass is 16.2. The molecular formula is C23H25N3O3. The minimum Gasteiger partial charge on any atom is -0.274 e. The molecule has 150 valence electrons. The van der Waals surface area contributed by atoms with E-state index < -0.39 is 0 Å². The van der Waals surface area contributed by atoms with Gasteiger partial charge < -0.3 is 0 Å². The van der Waals surface area contributed by atoms with Crippen molar-refractivity contribution in [1.82, 2.24) is 9.47 Å². The summed E-state index contributed by atoms with van der Waals surface area (Å²) in [5.74, 6) is -0.831. The van der Waals surface area contributed by atoms with Gasteiger partial charge in [-0.1, -0.05) is 37.0 Å². The summed E-state index contributed by atoms with van der Waals surface area (Å²) >= 11 is 0. The molecule has 2 aromatic rings. The molecule has 0 unspecified atom stereocenters. The van der Waals surface area contributed by atoms with Crippen molar-refractivity contribution >= 4 is 17.7 Å². The predicted octanol–water partition coefficient (Wildman–Crippen LogP) is 3.36. The average molecular weight is 391 g/mol. The molecule has 1 aliphatic heterocycles. The third-order valence-corrected chi connectivity index (χ3v) is 5.67. The molecule has 0 N–H and O–H groups in total. The molecule has 4 rings (SSSR count). The van der Waals surface area contributed by atoms with Gasteiger partial charge in [0.1, 0.15) is 5.49 Å². The molecule has 0 radical (unpaired) electrons. The normalized spacial score (nSPS) is 17.7. The van der Waals surface area contributed by atoms with E-state index in [-0.39, 0.29) is 36.7 Å². The first-order valence-corrected chi connectivity index (χ1v) is 10.3. The molecule has 0 atom stereocenters. The monoisotopic (exact) mass is 391 g/mol. The van der Waals surface area contributed by atoms with Gasteiger partial charge in [-0.15, -0.1) is 0 Å². The van der Waals surface area contributed by atoms with Crippen molar-refractivity contribution in [3.8, 4) is 0 Å². The average Bonchev–Trinajstić information content (AvgIpc) is 2.97. The Labute approximate surface area is 169 Å². The Balaban J connectivity index is 1.49. The van der Waals surface area contributed by atoms with Crippen molar-refractivity contribution in [1.29, 1.82) is 0 Å². The van der Waals surface area contributed by atoms with Crippen molar-refractivity contribution in [3.63, 3.8) is 0 Å². The van der Waals surface area contributed by atoms with Crippen molar-refractivity contribution in [2.45, 2.75) is 51.5 Å². The number of imide groups is 1. The lowest BCUT2D eigenvalue weighted by atomic mass is 9.96. The molecule has 1 aromatic carbocycles. The molecule has 0 spiro atoms. The second-order valence-corrected chi connectivity index (χ2v) is 7.80. The number of carbonyl (C=O) groups is 3. The highest BCUT2D eigenvalue weighted by Gasteiger charge is 2.35. The number of hydrogen-bond donors (Lipinski definition) is 0. The minimum absolute atomic E-state index is 0.0618. The lowest BCUT2D eigenvalue weighted by Crippen LogP contribution is -2.35. The van der Waals surface area contributed by atoms with Gasteiger partial charge in [-0.05, 0) is 44.0 Å². The fourth-order valence-electron chi connectivity index (χ4n) is 4.08. The Morgan fingerprint density at radius 2 is 1.79 bits per heavy atom. The minimum atomic E-state index is -0.331. The predicted molar refractivity (Wildman–Crippen MR) is 109 cm³/mol. The maximum absolute atomic E-state index is 12.9. The first kappa shape index (κ1) is 19.3.